The highest BCUT2D eigenvalue weighted by Crippen LogP contribution is 2.50. The molecule has 0 bridgehead atoms. The molecule has 12 rings (SSSR count). The molecule has 0 N–H and O–H groups in total. The summed E-state index contributed by atoms with van der Waals surface area (Å²) in [7, 11) is 0. The Kier molecular flexibility index (Phi) is 7.45. The molecule has 0 radical (unpaired) electrons. The normalized spacial score (nSPS) is 16.0. The van der Waals surface area contributed by atoms with Gasteiger partial charge in [-0.25, -0.2) is 9.97 Å². The van der Waals surface area contributed by atoms with Crippen molar-refractivity contribution >= 4 is 66.2 Å². The Morgan fingerprint density at radius 1 is 0.550 bits per heavy atom. The van der Waals surface area contributed by atoms with Crippen LogP contribution in [0.1, 0.15) is 36.2 Å². The summed E-state index contributed by atoms with van der Waals surface area (Å²) in [4.78, 5) is 10.8. The van der Waals surface area contributed by atoms with Gasteiger partial charge in [0.25, 0.3) is 0 Å². The largest absolute Gasteiger partial charge is 0.310 e. The van der Waals surface area contributed by atoms with Gasteiger partial charge >= 0.3 is 0 Å². The monoisotopic (exact) mass is 768 g/mol. The van der Waals surface area contributed by atoms with Crippen LogP contribution >= 0.6 is 0 Å². The van der Waals surface area contributed by atoms with Crippen LogP contribution < -0.4 is 0 Å². The Hall–Kier alpha value is -7.56. The van der Waals surface area contributed by atoms with E-state index in [1.807, 2.05) is 0 Å². The maximum absolute atomic E-state index is 5.52. The molecule has 2 aliphatic carbocycles. The minimum Gasteiger partial charge on any atom is -0.310 e. The van der Waals surface area contributed by atoms with Gasteiger partial charge in [0.05, 0.1) is 33.5 Å². The molecule has 0 unspecified atom stereocenters. The zero-order valence-electron chi connectivity index (χ0n) is 33.5. The number of rotatable bonds is 3. The van der Waals surface area contributed by atoms with Crippen LogP contribution in [0.5, 0.6) is 0 Å². The Bertz CT molecular complexity index is 3570. The minimum atomic E-state index is -0.127. The number of hydrogen-bond acceptors (Lipinski definition) is 2. The zero-order valence-corrected chi connectivity index (χ0v) is 33.5. The summed E-state index contributed by atoms with van der Waals surface area (Å²) < 4.78 is 4.67. The van der Waals surface area contributed by atoms with Gasteiger partial charge in [-0.15, -0.1) is 0 Å². The summed E-state index contributed by atoms with van der Waals surface area (Å²) in [5.41, 5.74) is 15.8. The number of allylic oxidation sites excluding steroid dienone is 6. The maximum atomic E-state index is 5.52. The SMILES string of the molecule is C=C1C=Cc2c(c3ccccc3n2-c2nc(-c3ccc4c(c3)C(C)(C)c3ccccc3-4)c3ccccc3n2)C/C=C(n2c3ccccc3c3c4ccccc4ccc32)\C=C/1. The van der Waals surface area contributed by atoms with Crippen molar-refractivity contribution in [2.45, 2.75) is 25.7 Å². The van der Waals surface area contributed by atoms with E-state index in [9.17, 15) is 0 Å². The van der Waals surface area contributed by atoms with Crippen LogP contribution in [0, 0.1) is 0 Å². The topological polar surface area (TPSA) is 35.6 Å². The van der Waals surface area contributed by atoms with Crippen molar-refractivity contribution in [3.8, 4) is 28.3 Å². The van der Waals surface area contributed by atoms with Crippen LogP contribution in [0.2, 0.25) is 0 Å². The van der Waals surface area contributed by atoms with Crippen LogP contribution in [0.25, 0.3) is 94.5 Å². The molecule has 284 valence electrons. The molecule has 0 saturated carbocycles. The van der Waals surface area contributed by atoms with Crippen molar-refractivity contribution in [1.82, 2.24) is 19.1 Å². The molecule has 60 heavy (non-hydrogen) atoms. The van der Waals surface area contributed by atoms with E-state index in [2.05, 4.69) is 212 Å². The summed E-state index contributed by atoms with van der Waals surface area (Å²) in [5.74, 6) is 0.644. The van der Waals surface area contributed by atoms with Crippen LogP contribution in [-0.2, 0) is 11.8 Å². The van der Waals surface area contributed by atoms with Gasteiger partial charge in [-0.1, -0.05) is 160 Å². The Morgan fingerprint density at radius 3 is 2.10 bits per heavy atom. The quantitative estimate of drug-likeness (QED) is 0.179. The molecule has 0 atom stereocenters. The molecule has 2 aliphatic rings. The fraction of sp³-hybridized carbons (Fsp3) is 0.0714. The average molecular weight is 769 g/mol. The molecule has 0 amide bonds. The molecule has 0 spiro atoms. The molecule has 3 aromatic heterocycles. The van der Waals surface area contributed by atoms with Gasteiger partial charge in [-0.2, -0.15) is 0 Å². The number of aromatic nitrogens is 4. The predicted octanol–water partition coefficient (Wildman–Crippen LogP) is 14.0. The fourth-order valence-electron chi connectivity index (χ4n) is 10.1. The number of nitrogens with zero attached hydrogens (tertiary/aromatic N) is 4. The molecular weight excluding hydrogens is 729 g/mol. The zero-order chi connectivity index (χ0) is 40.1. The van der Waals surface area contributed by atoms with Gasteiger partial charge in [-0.05, 0) is 93.1 Å². The number of para-hydroxylation sites is 3. The second kappa shape index (κ2) is 13.0. The molecule has 7 aromatic carbocycles. The highest BCUT2D eigenvalue weighted by molar-refractivity contribution is 6.22. The Morgan fingerprint density at radius 2 is 1.23 bits per heavy atom. The first kappa shape index (κ1) is 34.5. The lowest BCUT2D eigenvalue weighted by atomic mass is 9.82. The van der Waals surface area contributed by atoms with Crippen LogP contribution in [0.3, 0.4) is 0 Å². The molecule has 4 nitrogen and oxygen atoms in total. The van der Waals surface area contributed by atoms with Crippen molar-refractivity contribution in [1.29, 1.82) is 0 Å². The van der Waals surface area contributed by atoms with Gasteiger partial charge in [-0.3, -0.25) is 4.57 Å². The molecular formula is C56H40N4. The predicted molar refractivity (Wildman–Crippen MR) is 252 cm³/mol. The van der Waals surface area contributed by atoms with Crippen LogP contribution in [-0.4, -0.2) is 19.1 Å². The van der Waals surface area contributed by atoms with Gasteiger partial charge in [0, 0.05) is 38.2 Å². The van der Waals surface area contributed by atoms with Crippen LogP contribution in [0.15, 0.2) is 188 Å². The summed E-state index contributed by atoms with van der Waals surface area (Å²) in [6, 6.07) is 54.7. The molecule has 0 saturated heterocycles. The van der Waals surface area contributed by atoms with Gasteiger partial charge < -0.3 is 4.57 Å². The highest BCUT2D eigenvalue weighted by atomic mass is 15.2. The summed E-state index contributed by atoms with van der Waals surface area (Å²) in [6.07, 6.45) is 11.7. The first-order valence-corrected chi connectivity index (χ1v) is 20.7. The third-order valence-corrected chi connectivity index (χ3v) is 12.9. The third-order valence-electron chi connectivity index (χ3n) is 12.9. The van der Waals surface area contributed by atoms with Gasteiger partial charge in [0.2, 0.25) is 5.95 Å². The lowest BCUT2D eigenvalue weighted by molar-refractivity contribution is 0.660. The van der Waals surface area contributed by atoms with Crippen LogP contribution in [0.4, 0.5) is 0 Å². The van der Waals surface area contributed by atoms with E-state index >= 15 is 0 Å². The summed E-state index contributed by atoms with van der Waals surface area (Å²) >= 11 is 0. The average Bonchev–Trinajstić information content (AvgIpc) is 3.88. The molecule has 0 aliphatic heterocycles. The van der Waals surface area contributed by atoms with E-state index < -0.39 is 0 Å². The molecule has 3 heterocycles. The van der Waals surface area contributed by atoms with E-state index in [-0.39, 0.29) is 5.41 Å². The van der Waals surface area contributed by atoms with Gasteiger partial charge in [0.1, 0.15) is 0 Å². The van der Waals surface area contributed by atoms with Gasteiger partial charge in [0.15, 0.2) is 0 Å². The Labute approximate surface area is 348 Å². The third kappa shape index (κ3) is 5.04. The number of benzene rings is 7. The highest BCUT2D eigenvalue weighted by Gasteiger charge is 2.35. The van der Waals surface area contributed by atoms with E-state index in [0.717, 1.165) is 44.6 Å². The van der Waals surface area contributed by atoms with Crippen molar-refractivity contribution in [2.75, 3.05) is 0 Å². The molecule has 0 fully saturated rings. The lowest BCUT2D eigenvalue weighted by Gasteiger charge is -2.22. The van der Waals surface area contributed by atoms with E-state index in [1.54, 1.807) is 0 Å². The molecule has 10 aromatic rings. The number of fused-ring (bicyclic) bond motifs is 12. The van der Waals surface area contributed by atoms with Crippen molar-refractivity contribution in [3.05, 3.63) is 210 Å². The fourth-order valence-corrected chi connectivity index (χ4v) is 10.1. The van der Waals surface area contributed by atoms with Crippen molar-refractivity contribution in [2.24, 2.45) is 0 Å². The Balaban J connectivity index is 1.06. The van der Waals surface area contributed by atoms with E-state index in [1.165, 1.54) is 65.8 Å². The minimum absolute atomic E-state index is 0.127. The lowest BCUT2D eigenvalue weighted by Crippen LogP contribution is -2.15. The van der Waals surface area contributed by atoms with E-state index in [4.69, 9.17) is 9.97 Å². The summed E-state index contributed by atoms with van der Waals surface area (Å²) in [5, 5.41) is 7.22. The van der Waals surface area contributed by atoms with E-state index in [0.29, 0.717) is 12.4 Å². The second-order valence-corrected chi connectivity index (χ2v) is 16.6. The maximum Gasteiger partial charge on any atom is 0.235 e. The smallest absolute Gasteiger partial charge is 0.235 e. The first-order valence-electron chi connectivity index (χ1n) is 20.7. The first-order chi connectivity index (χ1) is 29.4. The standard InChI is InChI=1S/C56H40N4/c1-35-24-28-38(59-50-23-13-9-19-45(50)53-39-15-5-4-14-36(39)27-33-52(53)59)29-31-43-42-17-8-12-22-49(42)60(51(43)32-25-35)55-57-48-21-11-7-18-44(48)54(58-55)37-26-30-41-40-16-6-10-20-46(40)56(2,3)47(41)34-37/h4-30,32-34H,1,31H2,2-3H3/b28-24-,32-25?,38-29+. The second-order valence-electron chi connectivity index (χ2n) is 16.6. The molecule has 4 heteroatoms. The number of hydrogen-bond donors (Lipinski definition) is 0. The summed E-state index contributed by atoms with van der Waals surface area (Å²) in [6.45, 7) is 9.16. The van der Waals surface area contributed by atoms with Crippen molar-refractivity contribution < 1.29 is 0 Å². The van der Waals surface area contributed by atoms with Crippen molar-refractivity contribution in [3.63, 3.8) is 0 Å².